The molecule has 2 aromatic rings. The summed E-state index contributed by atoms with van der Waals surface area (Å²) in [5.41, 5.74) is 1.88. The molecule has 0 radical (unpaired) electrons. The highest BCUT2D eigenvalue weighted by molar-refractivity contribution is 7.09. The molecule has 1 aromatic carbocycles. The molecule has 0 bridgehead atoms. The molecule has 0 unspecified atom stereocenters. The van der Waals surface area contributed by atoms with Crippen LogP contribution >= 0.6 is 11.3 Å². The number of ether oxygens (including phenoxy) is 1. The van der Waals surface area contributed by atoms with Crippen LogP contribution < -0.4 is 4.87 Å². The van der Waals surface area contributed by atoms with E-state index in [0.717, 1.165) is 22.8 Å². The maximum atomic E-state index is 11.7. The highest BCUT2D eigenvalue weighted by Gasteiger charge is 2.17. The molecule has 0 aliphatic carbocycles. The van der Waals surface area contributed by atoms with Crippen LogP contribution in [-0.4, -0.2) is 29.0 Å². The lowest BCUT2D eigenvalue weighted by Gasteiger charge is -2.26. The highest BCUT2D eigenvalue weighted by atomic mass is 32.1. The van der Waals surface area contributed by atoms with Gasteiger partial charge in [-0.2, -0.15) is 0 Å². The van der Waals surface area contributed by atoms with E-state index in [0.29, 0.717) is 18.3 Å². The zero-order chi connectivity index (χ0) is 16.8. The number of rotatable bonds is 7. The summed E-state index contributed by atoms with van der Waals surface area (Å²) in [4.78, 5) is 29.0. The Hall–Kier alpha value is -1.92. The fraction of sp³-hybridized carbons (Fsp3) is 0.412. The molecule has 0 atom stereocenters. The predicted molar refractivity (Wildman–Crippen MR) is 91.5 cm³/mol. The van der Waals surface area contributed by atoms with Gasteiger partial charge in [-0.1, -0.05) is 41.7 Å². The number of methoxy groups -OCH3 is 1. The first-order valence-corrected chi connectivity index (χ1v) is 8.37. The molecule has 6 heteroatoms. The highest BCUT2D eigenvalue weighted by Crippen LogP contribution is 2.18. The van der Waals surface area contributed by atoms with Crippen molar-refractivity contribution in [1.29, 1.82) is 0 Å². The average Bonchev–Trinajstić information content (AvgIpc) is 2.86. The molecule has 1 N–H and O–H groups in total. The Morgan fingerprint density at radius 2 is 1.96 bits per heavy atom. The number of aromatic nitrogens is 1. The molecule has 0 aliphatic rings. The third kappa shape index (κ3) is 5.04. The fourth-order valence-corrected chi connectivity index (χ4v) is 3.18. The monoisotopic (exact) mass is 334 g/mol. The molecule has 1 heterocycles. The summed E-state index contributed by atoms with van der Waals surface area (Å²) in [6, 6.07) is 10.5. The molecule has 0 aliphatic heterocycles. The molecule has 0 saturated heterocycles. The minimum atomic E-state index is -0.348. The van der Waals surface area contributed by atoms with Crippen molar-refractivity contribution in [2.45, 2.75) is 39.4 Å². The first kappa shape index (κ1) is 17.4. The van der Waals surface area contributed by atoms with Crippen LogP contribution in [0.3, 0.4) is 0 Å². The van der Waals surface area contributed by atoms with Crippen molar-refractivity contribution >= 4 is 17.3 Å². The standard InChI is InChI=1S/C17H22N2O3S/c1-12(2)19(10-13-7-5-4-6-8-13)11-15-14(9-16(20)22-3)18-17(21)23-15/h4-8,12H,9-11H2,1-3H3,(H,18,21). The molecular weight excluding hydrogens is 312 g/mol. The van der Waals surface area contributed by atoms with E-state index < -0.39 is 0 Å². The van der Waals surface area contributed by atoms with Crippen LogP contribution in [0.2, 0.25) is 0 Å². The Labute approximate surface area is 139 Å². The lowest BCUT2D eigenvalue weighted by molar-refractivity contribution is -0.139. The summed E-state index contributed by atoms with van der Waals surface area (Å²) in [6.45, 7) is 5.67. The van der Waals surface area contributed by atoms with Crippen LogP contribution in [0.1, 0.15) is 30.0 Å². The maximum absolute atomic E-state index is 11.7. The quantitative estimate of drug-likeness (QED) is 0.791. The lowest BCUT2D eigenvalue weighted by Crippen LogP contribution is -2.30. The van der Waals surface area contributed by atoms with Crippen molar-refractivity contribution in [3.8, 4) is 0 Å². The van der Waals surface area contributed by atoms with Gasteiger partial charge in [0.05, 0.1) is 13.5 Å². The van der Waals surface area contributed by atoms with Crippen molar-refractivity contribution in [3.05, 3.63) is 56.1 Å². The number of thiazole rings is 1. The fourth-order valence-electron chi connectivity index (χ4n) is 2.30. The number of hydrogen-bond donors (Lipinski definition) is 1. The Morgan fingerprint density at radius 3 is 2.57 bits per heavy atom. The molecule has 124 valence electrons. The molecule has 5 nitrogen and oxygen atoms in total. The molecule has 2 rings (SSSR count). The SMILES string of the molecule is COC(=O)Cc1[nH]c(=O)sc1CN(Cc1ccccc1)C(C)C. The Bertz CT molecular complexity index is 691. The lowest BCUT2D eigenvalue weighted by atomic mass is 10.1. The summed E-state index contributed by atoms with van der Waals surface area (Å²) in [5, 5.41) is 0. The van der Waals surface area contributed by atoms with Crippen LogP contribution in [0.5, 0.6) is 0 Å². The normalized spacial score (nSPS) is 11.2. The van der Waals surface area contributed by atoms with Crippen molar-refractivity contribution in [3.63, 3.8) is 0 Å². The predicted octanol–water partition coefficient (Wildman–Crippen LogP) is 2.56. The molecule has 0 spiro atoms. The van der Waals surface area contributed by atoms with Gasteiger partial charge in [-0.3, -0.25) is 14.5 Å². The van der Waals surface area contributed by atoms with Gasteiger partial charge in [0, 0.05) is 29.7 Å². The topological polar surface area (TPSA) is 62.4 Å². The van der Waals surface area contributed by atoms with E-state index >= 15 is 0 Å². The van der Waals surface area contributed by atoms with Gasteiger partial charge in [0.2, 0.25) is 0 Å². The van der Waals surface area contributed by atoms with Gasteiger partial charge in [-0.05, 0) is 19.4 Å². The summed E-state index contributed by atoms with van der Waals surface area (Å²) in [6.07, 6.45) is 0.0991. The summed E-state index contributed by atoms with van der Waals surface area (Å²) < 4.78 is 4.70. The van der Waals surface area contributed by atoms with Crippen LogP contribution in [0.25, 0.3) is 0 Å². The smallest absolute Gasteiger partial charge is 0.311 e. The van der Waals surface area contributed by atoms with E-state index in [2.05, 4.69) is 35.9 Å². The van der Waals surface area contributed by atoms with E-state index in [1.54, 1.807) is 0 Å². The summed E-state index contributed by atoms with van der Waals surface area (Å²) in [5.74, 6) is -0.348. The van der Waals surface area contributed by atoms with Crippen molar-refractivity contribution < 1.29 is 9.53 Å². The minimum Gasteiger partial charge on any atom is -0.469 e. The number of nitrogens with zero attached hydrogens (tertiary/aromatic N) is 1. The van der Waals surface area contributed by atoms with E-state index in [9.17, 15) is 9.59 Å². The van der Waals surface area contributed by atoms with Crippen molar-refractivity contribution in [2.75, 3.05) is 7.11 Å². The molecule has 0 amide bonds. The number of H-pyrrole nitrogens is 1. The zero-order valence-corrected chi connectivity index (χ0v) is 14.5. The summed E-state index contributed by atoms with van der Waals surface area (Å²) in [7, 11) is 1.35. The van der Waals surface area contributed by atoms with E-state index in [1.807, 2.05) is 18.2 Å². The average molecular weight is 334 g/mol. The number of nitrogens with one attached hydrogen (secondary N) is 1. The van der Waals surface area contributed by atoms with Crippen molar-refractivity contribution in [2.24, 2.45) is 0 Å². The number of esters is 1. The second-order valence-corrected chi connectivity index (χ2v) is 6.72. The Morgan fingerprint density at radius 1 is 1.26 bits per heavy atom. The Balaban J connectivity index is 2.17. The molecule has 0 saturated carbocycles. The summed E-state index contributed by atoms with van der Waals surface area (Å²) >= 11 is 1.16. The van der Waals surface area contributed by atoms with Crippen LogP contribution in [-0.2, 0) is 29.0 Å². The van der Waals surface area contributed by atoms with Gasteiger partial charge in [0.1, 0.15) is 0 Å². The van der Waals surface area contributed by atoms with E-state index in [-0.39, 0.29) is 17.3 Å². The maximum Gasteiger partial charge on any atom is 0.311 e. The number of benzene rings is 1. The second kappa shape index (κ2) is 8.08. The van der Waals surface area contributed by atoms with Gasteiger partial charge in [0.15, 0.2) is 0 Å². The first-order valence-electron chi connectivity index (χ1n) is 7.55. The van der Waals surface area contributed by atoms with E-state index in [4.69, 9.17) is 4.74 Å². The van der Waals surface area contributed by atoms with Crippen LogP contribution in [0.4, 0.5) is 0 Å². The van der Waals surface area contributed by atoms with Gasteiger partial charge in [-0.25, -0.2) is 0 Å². The third-order valence-corrected chi connectivity index (χ3v) is 4.57. The minimum absolute atomic E-state index is 0.0991. The first-order chi connectivity index (χ1) is 11.0. The second-order valence-electron chi connectivity index (χ2n) is 5.65. The largest absolute Gasteiger partial charge is 0.469 e. The molecular formula is C17H22N2O3S. The third-order valence-electron chi connectivity index (χ3n) is 3.66. The Kier molecular flexibility index (Phi) is 6.12. The van der Waals surface area contributed by atoms with Gasteiger partial charge in [-0.15, -0.1) is 0 Å². The number of carbonyl (C=O) groups is 1. The number of aromatic amines is 1. The number of hydrogen-bond acceptors (Lipinski definition) is 5. The van der Waals surface area contributed by atoms with Gasteiger partial charge >= 0.3 is 10.8 Å². The zero-order valence-electron chi connectivity index (χ0n) is 13.7. The van der Waals surface area contributed by atoms with Crippen molar-refractivity contribution in [1.82, 2.24) is 9.88 Å². The van der Waals surface area contributed by atoms with Crippen LogP contribution in [0.15, 0.2) is 35.1 Å². The van der Waals surface area contributed by atoms with E-state index in [1.165, 1.54) is 12.7 Å². The number of carbonyl (C=O) groups excluding carboxylic acids is 1. The van der Waals surface area contributed by atoms with Crippen LogP contribution in [0, 0.1) is 0 Å². The van der Waals surface area contributed by atoms with Gasteiger partial charge < -0.3 is 9.72 Å². The van der Waals surface area contributed by atoms with Gasteiger partial charge in [0.25, 0.3) is 0 Å². The molecule has 0 fully saturated rings. The molecule has 23 heavy (non-hydrogen) atoms. The molecule has 1 aromatic heterocycles.